The smallest absolute Gasteiger partial charge is 0.311 e. The van der Waals surface area contributed by atoms with E-state index in [4.69, 9.17) is 21.1 Å². The largest absolute Gasteiger partial charge is 0.462 e. The summed E-state index contributed by atoms with van der Waals surface area (Å²) in [5.74, 6) is -0.254. The van der Waals surface area contributed by atoms with E-state index in [1.807, 2.05) is 54.5 Å². The summed E-state index contributed by atoms with van der Waals surface area (Å²) >= 11 is 11.2. The van der Waals surface area contributed by atoms with Crippen LogP contribution in [0.3, 0.4) is 0 Å². The van der Waals surface area contributed by atoms with Crippen LogP contribution in [0.15, 0.2) is 10.5 Å². The summed E-state index contributed by atoms with van der Waals surface area (Å²) in [4.78, 5) is 16.6. The van der Waals surface area contributed by atoms with Gasteiger partial charge in [-0.25, -0.2) is 4.98 Å². The third kappa shape index (κ3) is 5.18. The van der Waals surface area contributed by atoms with Crippen LogP contribution < -0.4 is 0 Å². The Balaban J connectivity index is 2.44. The Kier molecular flexibility index (Phi) is 6.43. The molecule has 0 N–H and O–H groups in total. The van der Waals surface area contributed by atoms with Gasteiger partial charge in [-0.3, -0.25) is 4.79 Å². The van der Waals surface area contributed by atoms with Crippen molar-refractivity contribution in [3.63, 3.8) is 0 Å². The number of thiazole rings is 1. The number of aryl methyl sites for hydroxylation is 1. The zero-order chi connectivity index (χ0) is 19.9. The predicted octanol–water partition coefficient (Wildman–Crippen LogP) is 6.47. The highest BCUT2D eigenvalue weighted by Gasteiger charge is 2.29. The fourth-order valence-corrected chi connectivity index (χ4v) is 4.56. The van der Waals surface area contributed by atoms with Gasteiger partial charge in [0.15, 0.2) is 4.47 Å². The van der Waals surface area contributed by atoms with Crippen LogP contribution in [0.1, 0.15) is 58.8 Å². The van der Waals surface area contributed by atoms with Crippen molar-refractivity contribution < 1.29 is 14.3 Å². The van der Waals surface area contributed by atoms with Crippen LogP contribution >= 0.6 is 38.9 Å². The molecule has 0 saturated carbocycles. The highest BCUT2D eigenvalue weighted by Crippen LogP contribution is 2.41. The van der Waals surface area contributed by atoms with Crippen LogP contribution in [0, 0.1) is 12.3 Å². The van der Waals surface area contributed by atoms with Gasteiger partial charge in [-0.15, -0.1) is 11.3 Å². The summed E-state index contributed by atoms with van der Waals surface area (Å²) in [6, 6.07) is 1.99. The van der Waals surface area contributed by atoms with E-state index in [0.29, 0.717) is 4.47 Å². The van der Waals surface area contributed by atoms with Gasteiger partial charge in [0.2, 0.25) is 0 Å². The van der Waals surface area contributed by atoms with Crippen LogP contribution in [-0.4, -0.2) is 23.2 Å². The molecule has 0 aliphatic rings. The Hall–Kier alpha value is -0.690. The Bertz CT molecular complexity index is 821. The SMILES string of the molecule is Cc1cc2nc(Cl)sc2c(Br)c1[C@H](COC(=O)C(C)(C)C)OC(C)(C)C. The minimum absolute atomic E-state index is 0.144. The Labute approximate surface area is 172 Å². The van der Waals surface area contributed by atoms with E-state index in [0.717, 1.165) is 25.8 Å². The van der Waals surface area contributed by atoms with E-state index in [-0.39, 0.29) is 12.6 Å². The van der Waals surface area contributed by atoms with Gasteiger partial charge in [0.1, 0.15) is 12.7 Å². The normalized spacial score (nSPS) is 13.9. The number of esters is 1. The molecule has 0 amide bonds. The average molecular weight is 463 g/mol. The number of carbonyl (C=O) groups is 1. The van der Waals surface area contributed by atoms with Gasteiger partial charge in [0, 0.05) is 10.0 Å². The molecule has 0 aliphatic carbocycles. The second-order valence-electron chi connectivity index (χ2n) is 8.30. The molecule has 0 unspecified atom stereocenters. The quantitative estimate of drug-likeness (QED) is 0.489. The number of carbonyl (C=O) groups excluding carboxylic acids is 1. The first kappa shape index (κ1) is 21.6. The summed E-state index contributed by atoms with van der Waals surface area (Å²) in [5, 5.41) is 0. The summed E-state index contributed by atoms with van der Waals surface area (Å²) in [6.45, 7) is 13.6. The van der Waals surface area contributed by atoms with Crippen LogP contribution in [-0.2, 0) is 14.3 Å². The van der Waals surface area contributed by atoms with Gasteiger partial charge in [0.25, 0.3) is 0 Å². The van der Waals surface area contributed by atoms with Crippen LogP contribution in [0.5, 0.6) is 0 Å². The molecule has 1 aromatic heterocycles. The van der Waals surface area contributed by atoms with Gasteiger partial charge in [-0.1, -0.05) is 11.6 Å². The van der Waals surface area contributed by atoms with Crippen LogP contribution in [0.4, 0.5) is 0 Å². The second-order valence-corrected chi connectivity index (χ2v) is 10.7. The molecular formula is C19H25BrClNO3S. The minimum atomic E-state index is -0.562. The first-order chi connectivity index (χ1) is 11.8. The minimum Gasteiger partial charge on any atom is -0.462 e. The topological polar surface area (TPSA) is 48.4 Å². The fraction of sp³-hybridized carbons (Fsp3) is 0.579. The van der Waals surface area contributed by atoms with E-state index in [1.54, 1.807) is 0 Å². The first-order valence-corrected chi connectivity index (χ1v) is 10.4. The number of fused-ring (bicyclic) bond motifs is 1. The Morgan fingerprint density at radius 3 is 2.46 bits per heavy atom. The van der Waals surface area contributed by atoms with Crippen molar-refractivity contribution in [1.29, 1.82) is 0 Å². The van der Waals surface area contributed by atoms with Gasteiger partial charge < -0.3 is 9.47 Å². The molecule has 0 radical (unpaired) electrons. The molecule has 2 rings (SSSR count). The van der Waals surface area contributed by atoms with Crippen LogP contribution in [0.2, 0.25) is 4.47 Å². The van der Waals surface area contributed by atoms with Crippen molar-refractivity contribution >= 4 is 55.1 Å². The van der Waals surface area contributed by atoms with Crippen molar-refractivity contribution in [3.05, 3.63) is 26.1 Å². The molecule has 144 valence electrons. The lowest BCUT2D eigenvalue weighted by molar-refractivity contribution is -0.162. The Morgan fingerprint density at radius 1 is 1.31 bits per heavy atom. The fourth-order valence-electron chi connectivity index (χ4n) is 2.50. The number of hydrogen-bond donors (Lipinski definition) is 0. The number of aromatic nitrogens is 1. The van der Waals surface area contributed by atoms with Gasteiger partial charge in [-0.2, -0.15) is 0 Å². The summed E-state index contributed by atoms with van der Waals surface area (Å²) < 4.78 is 14.2. The zero-order valence-electron chi connectivity index (χ0n) is 16.2. The molecule has 0 bridgehead atoms. The molecule has 7 heteroatoms. The second kappa shape index (κ2) is 7.74. The Morgan fingerprint density at radius 2 is 1.92 bits per heavy atom. The average Bonchev–Trinajstić information content (AvgIpc) is 2.82. The molecule has 1 heterocycles. The monoisotopic (exact) mass is 461 g/mol. The van der Waals surface area contributed by atoms with E-state index in [2.05, 4.69) is 20.9 Å². The number of benzene rings is 1. The number of nitrogens with zero attached hydrogens (tertiary/aromatic N) is 1. The van der Waals surface area contributed by atoms with E-state index >= 15 is 0 Å². The molecule has 2 aromatic rings. The predicted molar refractivity (Wildman–Crippen MR) is 111 cm³/mol. The van der Waals surface area contributed by atoms with Crippen LogP contribution in [0.25, 0.3) is 10.2 Å². The third-order valence-electron chi connectivity index (χ3n) is 3.64. The van der Waals surface area contributed by atoms with Crippen molar-refractivity contribution in [2.45, 2.75) is 60.2 Å². The van der Waals surface area contributed by atoms with Gasteiger partial charge >= 0.3 is 5.97 Å². The third-order valence-corrected chi connectivity index (χ3v) is 5.92. The van der Waals surface area contributed by atoms with Crippen molar-refractivity contribution in [1.82, 2.24) is 4.98 Å². The van der Waals surface area contributed by atoms with Gasteiger partial charge in [-0.05, 0) is 76.0 Å². The molecule has 1 aromatic carbocycles. The maximum Gasteiger partial charge on any atom is 0.311 e. The standard InChI is InChI=1S/C19H25BrClNO3S/c1-10-8-11-15(26-17(21)22-11)14(20)13(10)12(25-19(5,6)7)9-24-16(23)18(2,3)4/h8,12H,9H2,1-7H3/t12-/m0/s1. The number of rotatable bonds is 4. The van der Waals surface area contributed by atoms with Gasteiger partial charge in [0.05, 0.1) is 21.2 Å². The lowest BCUT2D eigenvalue weighted by Gasteiger charge is -2.30. The summed E-state index contributed by atoms with van der Waals surface area (Å²) in [6.07, 6.45) is -0.402. The lowest BCUT2D eigenvalue weighted by Crippen LogP contribution is -2.29. The van der Waals surface area contributed by atoms with Crippen molar-refractivity contribution in [2.24, 2.45) is 5.41 Å². The van der Waals surface area contributed by atoms with E-state index < -0.39 is 17.1 Å². The van der Waals surface area contributed by atoms with E-state index in [9.17, 15) is 4.79 Å². The molecule has 0 aliphatic heterocycles. The lowest BCUT2D eigenvalue weighted by atomic mass is 9.97. The summed E-state index contributed by atoms with van der Waals surface area (Å²) in [7, 11) is 0. The highest BCUT2D eigenvalue weighted by molar-refractivity contribution is 9.10. The van der Waals surface area contributed by atoms with Crippen molar-refractivity contribution in [3.8, 4) is 0 Å². The molecule has 0 spiro atoms. The maximum atomic E-state index is 12.2. The van der Waals surface area contributed by atoms with E-state index in [1.165, 1.54) is 11.3 Å². The molecule has 0 fully saturated rings. The number of hydrogen-bond acceptors (Lipinski definition) is 5. The molecule has 26 heavy (non-hydrogen) atoms. The number of ether oxygens (including phenoxy) is 2. The number of halogens is 2. The zero-order valence-corrected chi connectivity index (χ0v) is 19.4. The molecule has 1 atom stereocenters. The maximum absolute atomic E-state index is 12.2. The molecular weight excluding hydrogens is 438 g/mol. The van der Waals surface area contributed by atoms with Crippen molar-refractivity contribution in [2.75, 3.05) is 6.61 Å². The molecule has 4 nitrogen and oxygen atoms in total. The highest BCUT2D eigenvalue weighted by atomic mass is 79.9. The molecule has 0 saturated heterocycles. The summed E-state index contributed by atoms with van der Waals surface area (Å²) in [5.41, 5.74) is 1.84. The first-order valence-electron chi connectivity index (χ1n) is 8.39.